The van der Waals surface area contributed by atoms with Crippen LogP contribution in [0.25, 0.3) is 0 Å². The number of rotatable bonds is 7. The lowest BCUT2D eigenvalue weighted by atomic mass is 9.92. The molecule has 0 aliphatic carbocycles. The zero-order chi connectivity index (χ0) is 17.8. The molecule has 0 aromatic rings. The minimum absolute atomic E-state index is 0.124. The van der Waals surface area contributed by atoms with Crippen LogP contribution in [0.4, 0.5) is 0 Å². The van der Waals surface area contributed by atoms with Gasteiger partial charge < -0.3 is 4.90 Å². The van der Waals surface area contributed by atoms with Crippen molar-refractivity contribution < 1.29 is 17.8 Å². The lowest BCUT2D eigenvalue weighted by molar-refractivity contribution is -0.139. The van der Waals surface area contributed by atoms with Crippen LogP contribution in [0.1, 0.15) is 41.0 Å². The monoisotopic (exact) mass is 366 g/mol. The molecule has 1 saturated heterocycles. The zero-order valence-corrected chi connectivity index (χ0v) is 16.4. The minimum atomic E-state index is -3.88. The fourth-order valence-corrected chi connectivity index (χ4v) is 4.72. The molecule has 1 amide bonds. The van der Waals surface area contributed by atoms with E-state index in [0.717, 1.165) is 13.1 Å². The molecule has 0 bridgehead atoms. The average molecular weight is 367 g/mol. The van der Waals surface area contributed by atoms with Gasteiger partial charge in [0.25, 0.3) is 10.1 Å². The average Bonchev–Trinajstić information content (AvgIpc) is 2.41. The van der Waals surface area contributed by atoms with Crippen LogP contribution in [0.5, 0.6) is 0 Å². The van der Waals surface area contributed by atoms with Gasteiger partial charge in [-0.15, -0.1) is 0 Å². The Hall–Kier alpha value is -0.310. The topological polar surface area (TPSA) is 77.9 Å². The Balaban J connectivity index is 2.71. The van der Waals surface area contributed by atoms with E-state index in [1.807, 2.05) is 4.90 Å². The summed E-state index contributed by atoms with van der Waals surface area (Å²) in [7, 11) is -3.88. The van der Waals surface area contributed by atoms with Gasteiger partial charge in [0, 0.05) is 37.8 Å². The Morgan fingerprint density at radius 2 is 1.65 bits per heavy atom. The first-order chi connectivity index (χ1) is 10.5. The molecule has 23 heavy (non-hydrogen) atoms. The van der Waals surface area contributed by atoms with Crippen molar-refractivity contribution in [1.29, 1.82) is 0 Å². The van der Waals surface area contributed by atoms with Gasteiger partial charge in [0.2, 0.25) is 5.91 Å². The third-order valence-electron chi connectivity index (χ3n) is 4.22. The Morgan fingerprint density at radius 1 is 1.17 bits per heavy atom. The van der Waals surface area contributed by atoms with E-state index in [9.17, 15) is 13.2 Å². The van der Waals surface area contributed by atoms with Gasteiger partial charge >= 0.3 is 0 Å². The molecule has 8 heteroatoms. The van der Waals surface area contributed by atoms with Gasteiger partial charge in [0.1, 0.15) is 0 Å². The second kappa shape index (κ2) is 8.69. The second-order valence-corrected chi connectivity index (χ2v) is 9.62. The number of hydrogen-bond donors (Lipinski definition) is 1. The molecule has 0 spiro atoms. The van der Waals surface area contributed by atoms with Gasteiger partial charge in [0.05, 0.1) is 5.75 Å². The molecule has 2 unspecified atom stereocenters. The van der Waals surface area contributed by atoms with Crippen LogP contribution < -0.4 is 0 Å². The fourth-order valence-electron chi connectivity index (χ4n) is 2.99. The predicted octanol–water partition coefficient (Wildman–Crippen LogP) is 2.13. The van der Waals surface area contributed by atoms with Crippen molar-refractivity contribution in [3.8, 4) is 0 Å². The molecule has 1 N–H and O–H groups in total. The first kappa shape index (κ1) is 20.7. The van der Waals surface area contributed by atoms with Crippen molar-refractivity contribution in [3.05, 3.63) is 0 Å². The standard InChI is InChI=1S/C15H30N2O4S2/c1-11(2)14-9-16(22-7-6-8-23(19,20)21)10-15(12(3)4)17(14)13(5)18/h11-12,14-15H,6-10H2,1-5H3,(H,19,20,21). The van der Waals surface area contributed by atoms with Gasteiger partial charge in [-0.2, -0.15) is 8.42 Å². The van der Waals surface area contributed by atoms with E-state index in [1.165, 1.54) is 0 Å². The van der Waals surface area contributed by atoms with E-state index in [-0.39, 0.29) is 23.7 Å². The molecule has 6 nitrogen and oxygen atoms in total. The molecule has 1 heterocycles. The Morgan fingerprint density at radius 3 is 2.00 bits per heavy atom. The van der Waals surface area contributed by atoms with Gasteiger partial charge in [-0.25, -0.2) is 4.31 Å². The number of hydrogen-bond acceptors (Lipinski definition) is 5. The van der Waals surface area contributed by atoms with Crippen LogP contribution in [0, 0.1) is 11.8 Å². The highest BCUT2D eigenvalue weighted by Crippen LogP contribution is 2.29. The Labute approximate surface area is 144 Å². The van der Waals surface area contributed by atoms with Crippen LogP contribution in [0.2, 0.25) is 0 Å². The lowest BCUT2D eigenvalue weighted by Crippen LogP contribution is -2.61. The van der Waals surface area contributed by atoms with E-state index in [4.69, 9.17) is 4.55 Å². The highest BCUT2D eigenvalue weighted by Gasteiger charge is 2.38. The van der Waals surface area contributed by atoms with E-state index in [2.05, 4.69) is 32.0 Å². The van der Waals surface area contributed by atoms with Crippen molar-refractivity contribution >= 4 is 28.0 Å². The summed E-state index contributed by atoms with van der Waals surface area (Å²) in [6.07, 6.45) is 0.426. The SMILES string of the molecule is CC(=O)N1C(C(C)C)CN(SCCCS(=O)(=O)O)CC1C(C)C. The summed E-state index contributed by atoms with van der Waals surface area (Å²) in [6, 6.07) is 0.338. The number of carbonyl (C=O) groups is 1. The second-order valence-electron chi connectivity index (χ2n) is 6.87. The highest BCUT2D eigenvalue weighted by molar-refractivity contribution is 7.97. The van der Waals surface area contributed by atoms with Crippen molar-refractivity contribution in [2.24, 2.45) is 11.8 Å². The normalized spacial score (nSPS) is 23.7. The molecule has 2 atom stereocenters. The Bertz CT molecular complexity index is 476. The lowest BCUT2D eigenvalue weighted by Gasteiger charge is -2.49. The Kier molecular flexibility index (Phi) is 7.83. The maximum absolute atomic E-state index is 12.1. The molecule has 0 saturated carbocycles. The van der Waals surface area contributed by atoms with Gasteiger partial charge in [0.15, 0.2) is 0 Å². The molecular weight excluding hydrogens is 336 g/mol. The first-order valence-corrected chi connectivity index (χ1v) is 10.7. The number of piperazine rings is 1. The molecule has 1 aliphatic heterocycles. The van der Waals surface area contributed by atoms with Crippen molar-refractivity contribution in [2.45, 2.75) is 53.1 Å². The molecular formula is C15H30N2O4S2. The van der Waals surface area contributed by atoms with Gasteiger partial charge in [-0.1, -0.05) is 39.6 Å². The van der Waals surface area contributed by atoms with Crippen molar-refractivity contribution in [3.63, 3.8) is 0 Å². The van der Waals surface area contributed by atoms with E-state index < -0.39 is 10.1 Å². The third kappa shape index (κ3) is 6.60. The first-order valence-electron chi connectivity index (χ1n) is 8.14. The molecule has 1 aliphatic rings. The van der Waals surface area contributed by atoms with E-state index >= 15 is 0 Å². The summed E-state index contributed by atoms with van der Waals surface area (Å²) in [5, 5.41) is 0. The predicted molar refractivity (Wildman–Crippen MR) is 94.8 cm³/mol. The maximum atomic E-state index is 12.1. The smallest absolute Gasteiger partial charge is 0.264 e. The summed E-state index contributed by atoms with van der Waals surface area (Å²) in [5.74, 6) is 1.30. The molecule has 0 aromatic heterocycles. The van der Waals surface area contributed by atoms with E-state index in [1.54, 1.807) is 18.9 Å². The summed E-state index contributed by atoms with van der Waals surface area (Å²) in [5.41, 5.74) is 0. The largest absolute Gasteiger partial charge is 0.334 e. The maximum Gasteiger partial charge on any atom is 0.264 e. The van der Waals surface area contributed by atoms with Crippen LogP contribution in [-0.4, -0.2) is 64.8 Å². The minimum Gasteiger partial charge on any atom is -0.334 e. The third-order valence-corrected chi connectivity index (χ3v) is 6.16. The highest BCUT2D eigenvalue weighted by atomic mass is 32.2. The molecule has 136 valence electrons. The molecule has 0 aromatic carbocycles. The zero-order valence-electron chi connectivity index (χ0n) is 14.7. The van der Waals surface area contributed by atoms with Crippen LogP contribution in [0.3, 0.4) is 0 Å². The quantitative estimate of drug-likeness (QED) is 0.422. The fraction of sp³-hybridized carbons (Fsp3) is 0.933. The van der Waals surface area contributed by atoms with Crippen LogP contribution in [-0.2, 0) is 14.9 Å². The molecule has 1 fully saturated rings. The number of amides is 1. The van der Waals surface area contributed by atoms with Crippen LogP contribution >= 0.6 is 11.9 Å². The molecule has 0 radical (unpaired) electrons. The summed E-state index contributed by atoms with van der Waals surface area (Å²) in [4.78, 5) is 14.1. The number of nitrogens with zero attached hydrogens (tertiary/aromatic N) is 2. The van der Waals surface area contributed by atoms with Gasteiger partial charge in [-0.05, 0) is 18.3 Å². The summed E-state index contributed by atoms with van der Waals surface area (Å²) < 4.78 is 32.6. The summed E-state index contributed by atoms with van der Waals surface area (Å²) >= 11 is 1.61. The van der Waals surface area contributed by atoms with E-state index in [0.29, 0.717) is 24.0 Å². The number of carbonyl (C=O) groups excluding carboxylic acids is 1. The van der Waals surface area contributed by atoms with Crippen molar-refractivity contribution in [1.82, 2.24) is 9.21 Å². The van der Waals surface area contributed by atoms with Crippen LogP contribution in [0.15, 0.2) is 0 Å². The van der Waals surface area contributed by atoms with Gasteiger partial charge in [-0.3, -0.25) is 9.35 Å². The summed E-state index contributed by atoms with van der Waals surface area (Å²) in [6.45, 7) is 11.7. The molecule has 1 rings (SSSR count). The van der Waals surface area contributed by atoms with Crippen molar-refractivity contribution in [2.75, 3.05) is 24.6 Å².